The molecule has 0 radical (unpaired) electrons. The first-order chi connectivity index (χ1) is 14.9. The second-order valence-corrected chi connectivity index (χ2v) is 7.59. The molecular weight excluding hydrogens is 364 g/mol. The highest BCUT2D eigenvalue weighted by atomic mass is 14.8. The van der Waals surface area contributed by atoms with Gasteiger partial charge in [-0.15, -0.1) is 0 Å². The van der Waals surface area contributed by atoms with Gasteiger partial charge in [-0.25, -0.2) is 9.97 Å². The van der Waals surface area contributed by atoms with Crippen LogP contribution in [-0.4, -0.2) is 9.97 Å². The van der Waals surface area contributed by atoms with E-state index >= 15 is 0 Å². The van der Waals surface area contributed by atoms with Crippen molar-refractivity contribution in [2.45, 2.75) is 0 Å². The molecule has 1 heterocycles. The van der Waals surface area contributed by atoms with Crippen LogP contribution in [0.25, 0.3) is 54.6 Å². The van der Waals surface area contributed by atoms with Crippen LogP contribution >= 0.6 is 0 Å². The number of hydrogen-bond acceptors (Lipinski definition) is 2. The Hall–Kier alpha value is -4.04. The average molecular weight is 382 g/mol. The first-order valence-electron chi connectivity index (χ1n) is 10.1. The maximum absolute atomic E-state index is 4.13. The van der Waals surface area contributed by atoms with Crippen molar-refractivity contribution < 1.29 is 0 Å². The van der Waals surface area contributed by atoms with Gasteiger partial charge in [0.2, 0.25) is 0 Å². The molecule has 0 aliphatic rings. The van der Waals surface area contributed by atoms with E-state index in [1.54, 1.807) is 6.33 Å². The van der Waals surface area contributed by atoms with Crippen molar-refractivity contribution >= 4 is 32.3 Å². The van der Waals surface area contributed by atoms with Crippen molar-refractivity contribution in [3.63, 3.8) is 0 Å². The Morgan fingerprint density at radius 2 is 1.03 bits per heavy atom. The summed E-state index contributed by atoms with van der Waals surface area (Å²) in [7, 11) is 0. The number of hydrogen-bond donors (Lipinski definition) is 0. The summed E-state index contributed by atoms with van der Waals surface area (Å²) < 4.78 is 0. The minimum atomic E-state index is 1.03. The Labute approximate surface area is 174 Å². The van der Waals surface area contributed by atoms with Crippen LogP contribution in [0.4, 0.5) is 0 Å². The molecule has 0 aliphatic carbocycles. The van der Waals surface area contributed by atoms with Crippen LogP contribution in [0.15, 0.2) is 110 Å². The van der Waals surface area contributed by atoms with Crippen molar-refractivity contribution in [2.75, 3.05) is 0 Å². The molecular formula is C28H18N2. The molecule has 30 heavy (non-hydrogen) atoms. The number of rotatable bonds is 2. The fourth-order valence-corrected chi connectivity index (χ4v) is 4.32. The largest absolute Gasteiger partial charge is 0.244 e. The molecule has 2 heteroatoms. The molecule has 1 aromatic heterocycles. The zero-order valence-corrected chi connectivity index (χ0v) is 16.3. The van der Waals surface area contributed by atoms with Crippen LogP contribution in [0.1, 0.15) is 0 Å². The van der Waals surface area contributed by atoms with Crippen molar-refractivity contribution in [3.8, 4) is 22.3 Å². The third-order valence-electron chi connectivity index (χ3n) is 5.82. The summed E-state index contributed by atoms with van der Waals surface area (Å²) in [6, 6.07) is 32.9. The fraction of sp³-hybridized carbons (Fsp3) is 0. The maximum Gasteiger partial charge on any atom is 0.115 e. The molecule has 0 saturated heterocycles. The maximum atomic E-state index is 4.13. The van der Waals surface area contributed by atoms with Gasteiger partial charge in [-0.05, 0) is 67.2 Å². The van der Waals surface area contributed by atoms with Gasteiger partial charge >= 0.3 is 0 Å². The molecule has 0 unspecified atom stereocenters. The van der Waals surface area contributed by atoms with E-state index in [2.05, 4.69) is 101 Å². The van der Waals surface area contributed by atoms with Crippen molar-refractivity contribution in [3.05, 3.63) is 110 Å². The van der Waals surface area contributed by atoms with Crippen molar-refractivity contribution in [2.24, 2.45) is 0 Å². The van der Waals surface area contributed by atoms with E-state index in [0.29, 0.717) is 0 Å². The molecule has 0 bridgehead atoms. The second-order valence-electron chi connectivity index (χ2n) is 7.59. The first kappa shape index (κ1) is 16.9. The van der Waals surface area contributed by atoms with Gasteiger partial charge in [0.1, 0.15) is 6.33 Å². The Bertz CT molecular complexity index is 1520. The monoisotopic (exact) mass is 382 g/mol. The van der Waals surface area contributed by atoms with Crippen LogP contribution in [0.2, 0.25) is 0 Å². The summed E-state index contributed by atoms with van der Waals surface area (Å²) in [4.78, 5) is 8.27. The minimum absolute atomic E-state index is 1.03. The summed E-state index contributed by atoms with van der Waals surface area (Å²) in [5.41, 5.74) is 4.61. The van der Waals surface area contributed by atoms with Gasteiger partial charge in [0.05, 0.1) is 0 Å². The average Bonchev–Trinajstić information content (AvgIpc) is 2.83. The fourth-order valence-electron chi connectivity index (χ4n) is 4.32. The molecule has 6 rings (SSSR count). The summed E-state index contributed by atoms with van der Waals surface area (Å²) >= 11 is 0. The number of benzene rings is 5. The van der Waals surface area contributed by atoms with E-state index in [9.17, 15) is 0 Å². The Morgan fingerprint density at radius 3 is 1.77 bits per heavy atom. The molecule has 0 N–H and O–H groups in total. The van der Waals surface area contributed by atoms with E-state index in [4.69, 9.17) is 0 Å². The lowest BCUT2D eigenvalue weighted by molar-refractivity contribution is 1.17. The number of aromatic nitrogens is 2. The zero-order chi connectivity index (χ0) is 19.9. The van der Waals surface area contributed by atoms with E-state index in [0.717, 1.165) is 11.1 Å². The Morgan fingerprint density at radius 1 is 0.433 bits per heavy atom. The summed E-state index contributed by atoms with van der Waals surface area (Å²) in [5.74, 6) is 0. The van der Waals surface area contributed by atoms with Gasteiger partial charge in [-0.1, -0.05) is 72.8 Å². The van der Waals surface area contributed by atoms with Gasteiger partial charge in [0, 0.05) is 18.0 Å². The van der Waals surface area contributed by atoms with Gasteiger partial charge in [0.25, 0.3) is 0 Å². The summed E-state index contributed by atoms with van der Waals surface area (Å²) in [6.07, 6.45) is 5.25. The molecule has 0 saturated carbocycles. The predicted octanol–water partition coefficient (Wildman–Crippen LogP) is 7.27. The SMILES string of the molecule is c1ccc2cc3c(cc2c1)c(-c1ccc(-c2cncnc2)cc1)cc1ccccc13. The van der Waals surface area contributed by atoms with E-state index < -0.39 is 0 Å². The second kappa shape index (κ2) is 6.78. The lowest BCUT2D eigenvalue weighted by atomic mass is 9.91. The van der Waals surface area contributed by atoms with Crippen molar-refractivity contribution in [1.29, 1.82) is 0 Å². The minimum Gasteiger partial charge on any atom is -0.244 e. The predicted molar refractivity (Wildman–Crippen MR) is 125 cm³/mol. The molecule has 5 aromatic carbocycles. The highest BCUT2D eigenvalue weighted by Gasteiger charge is 2.10. The molecule has 0 fully saturated rings. The molecule has 140 valence electrons. The number of fused-ring (bicyclic) bond motifs is 4. The first-order valence-corrected chi connectivity index (χ1v) is 10.1. The van der Waals surface area contributed by atoms with E-state index in [-0.39, 0.29) is 0 Å². The lowest BCUT2D eigenvalue weighted by Gasteiger charge is -2.13. The standard InChI is InChI=1S/C28H18N2/c1-2-6-22-14-28-26(20-11-9-19(10-12-20)24-16-29-18-30-17-24)15-23-7-3-4-8-25(23)27(28)13-21(22)5-1/h1-18H. The highest BCUT2D eigenvalue weighted by Crippen LogP contribution is 2.37. The van der Waals surface area contributed by atoms with Crippen LogP contribution in [-0.2, 0) is 0 Å². The molecule has 2 nitrogen and oxygen atoms in total. The highest BCUT2D eigenvalue weighted by molar-refractivity contribution is 6.17. The third-order valence-corrected chi connectivity index (χ3v) is 5.82. The molecule has 0 atom stereocenters. The topological polar surface area (TPSA) is 25.8 Å². The summed E-state index contributed by atoms with van der Waals surface area (Å²) in [5, 5.41) is 7.66. The van der Waals surface area contributed by atoms with Crippen LogP contribution in [0.5, 0.6) is 0 Å². The lowest BCUT2D eigenvalue weighted by Crippen LogP contribution is -1.87. The third kappa shape index (κ3) is 2.73. The molecule has 6 aromatic rings. The zero-order valence-electron chi connectivity index (χ0n) is 16.3. The van der Waals surface area contributed by atoms with Crippen LogP contribution in [0.3, 0.4) is 0 Å². The van der Waals surface area contributed by atoms with Gasteiger partial charge in [-0.3, -0.25) is 0 Å². The molecule has 0 amide bonds. The normalized spacial score (nSPS) is 11.3. The Kier molecular flexibility index (Phi) is 3.82. The van der Waals surface area contributed by atoms with Crippen LogP contribution < -0.4 is 0 Å². The van der Waals surface area contributed by atoms with Crippen LogP contribution in [0, 0.1) is 0 Å². The van der Waals surface area contributed by atoms with E-state index in [1.807, 2.05) is 12.4 Å². The summed E-state index contributed by atoms with van der Waals surface area (Å²) in [6.45, 7) is 0. The van der Waals surface area contributed by atoms with E-state index in [1.165, 1.54) is 43.4 Å². The molecule has 0 spiro atoms. The quantitative estimate of drug-likeness (QED) is 0.232. The number of nitrogens with zero attached hydrogens (tertiary/aromatic N) is 2. The molecule has 0 aliphatic heterocycles. The smallest absolute Gasteiger partial charge is 0.115 e. The van der Waals surface area contributed by atoms with Gasteiger partial charge < -0.3 is 0 Å². The Balaban J connectivity index is 1.62. The van der Waals surface area contributed by atoms with Gasteiger partial charge in [0.15, 0.2) is 0 Å². The van der Waals surface area contributed by atoms with Crippen molar-refractivity contribution in [1.82, 2.24) is 9.97 Å². The van der Waals surface area contributed by atoms with Gasteiger partial charge in [-0.2, -0.15) is 0 Å².